The van der Waals surface area contributed by atoms with E-state index >= 15 is 0 Å². The molecule has 14 heavy (non-hydrogen) atoms. The number of hydrogen-bond donors (Lipinski definition) is 2. The van der Waals surface area contributed by atoms with Gasteiger partial charge in [0.1, 0.15) is 12.7 Å². The average Bonchev–Trinajstić information content (AvgIpc) is 2.54. The summed E-state index contributed by atoms with van der Waals surface area (Å²) >= 11 is 0. The Bertz CT molecular complexity index is 146. The quantitative estimate of drug-likeness (QED) is 0.488. The molecule has 2 atom stereocenters. The lowest BCUT2D eigenvalue weighted by atomic mass is 10.5. The lowest BCUT2D eigenvalue weighted by Crippen LogP contribution is -2.03. The Morgan fingerprint density at radius 1 is 1.64 bits per heavy atom. The number of aliphatic hydroxyl groups is 2. The Morgan fingerprint density at radius 2 is 2.07 bits per heavy atom. The lowest BCUT2D eigenvalue weighted by Gasteiger charge is -1.90. The second-order valence-electron chi connectivity index (χ2n) is 2.52. The first-order valence-corrected chi connectivity index (χ1v) is 4.18. The van der Waals surface area contributed by atoms with Gasteiger partial charge in [-0.25, -0.2) is 4.79 Å². The van der Waals surface area contributed by atoms with Gasteiger partial charge in [-0.05, 0) is 13.8 Å². The number of aliphatic hydroxyl groups excluding tert-OH is 2. The van der Waals surface area contributed by atoms with Crippen LogP contribution < -0.4 is 0 Å². The van der Waals surface area contributed by atoms with E-state index in [1.807, 2.05) is 0 Å². The second-order valence-corrected chi connectivity index (χ2v) is 2.52. The largest absolute Gasteiger partial charge is 0.508 e. The Morgan fingerprint density at radius 3 is 2.14 bits per heavy atom. The van der Waals surface area contributed by atoms with E-state index in [1.165, 1.54) is 6.92 Å². The van der Waals surface area contributed by atoms with Gasteiger partial charge < -0.3 is 19.7 Å². The Hall–Kier alpha value is -1.07. The van der Waals surface area contributed by atoms with Gasteiger partial charge in [0.05, 0.1) is 12.7 Å². The Labute approximate surface area is 84.0 Å². The van der Waals surface area contributed by atoms with Crippen molar-refractivity contribution in [1.29, 1.82) is 0 Å². The highest BCUT2D eigenvalue weighted by Gasteiger charge is 2.19. The maximum atomic E-state index is 10.0. The molecule has 1 aliphatic heterocycles. The second kappa shape index (κ2) is 10.0. The molecule has 0 aliphatic carbocycles. The van der Waals surface area contributed by atoms with Crippen LogP contribution in [0.1, 0.15) is 13.8 Å². The van der Waals surface area contributed by atoms with Crippen molar-refractivity contribution in [3.63, 3.8) is 0 Å². The van der Waals surface area contributed by atoms with E-state index in [0.29, 0.717) is 6.61 Å². The molecule has 0 bridgehead atoms. The zero-order valence-electron chi connectivity index (χ0n) is 8.60. The molecule has 1 aliphatic rings. The van der Waals surface area contributed by atoms with E-state index in [1.54, 1.807) is 6.92 Å². The summed E-state index contributed by atoms with van der Waals surface area (Å²) in [6, 6.07) is 0. The molecular formula is C9H18O5. The van der Waals surface area contributed by atoms with Crippen molar-refractivity contribution in [2.45, 2.75) is 26.1 Å². The molecule has 0 radical (unpaired) electrons. The fourth-order valence-corrected chi connectivity index (χ4v) is 0.418. The normalized spacial score (nSPS) is 20.3. The molecule has 84 valence electrons. The molecule has 0 aromatic rings. The molecule has 1 rings (SSSR count). The van der Waals surface area contributed by atoms with Crippen molar-refractivity contribution in [3.05, 3.63) is 13.2 Å². The van der Waals surface area contributed by atoms with Crippen molar-refractivity contribution in [2.75, 3.05) is 13.2 Å². The summed E-state index contributed by atoms with van der Waals surface area (Å²) in [4.78, 5) is 10.0. The predicted octanol–water partition coefficient (Wildman–Crippen LogP) is 0.703. The van der Waals surface area contributed by atoms with Crippen molar-refractivity contribution in [1.82, 2.24) is 0 Å². The highest BCUT2D eigenvalue weighted by Crippen LogP contribution is 2.02. The number of ether oxygens (including phenoxy) is 2. The number of carbonyl (C=O) groups is 1. The summed E-state index contributed by atoms with van der Waals surface area (Å²) in [6.45, 7) is 9.57. The molecule has 2 unspecified atom stereocenters. The van der Waals surface area contributed by atoms with Crippen molar-refractivity contribution in [2.24, 2.45) is 0 Å². The number of cyclic esters (lactones) is 2. The molecule has 1 heterocycles. The van der Waals surface area contributed by atoms with Gasteiger partial charge in [-0.1, -0.05) is 0 Å². The molecular weight excluding hydrogens is 188 g/mol. The smallest absolute Gasteiger partial charge is 0.430 e. The number of carbonyl (C=O) groups excluding carboxylic acids is 1. The third-order valence-electron chi connectivity index (χ3n) is 0.998. The van der Waals surface area contributed by atoms with Gasteiger partial charge in [0.2, 0.25) is 0 Å². The van der Waals surface area contributed by atoms with E-state index in [0.717, 1.165) is 0 Å². The first-order valence-electron chi connectivity index (χ1n) is 4.18. The van der Waals surface area contributed by atoms with Gasteiger partial charge in [0.25, 0.3) is 0 Å². The third-order valence-corrected chi connectivity index (χ3v) is 0.998. The van der Waals surface area contributed by atoms with Crippen LogP contribution >= 0.6 is 0 Å². The Balaban J connectivity index is 0. The van der Waals surface area contributed by atoms with Crippen LogP contribution in [0.15, 0.2) is 13.2 Å². The van der Waals surface area contributed by atoms with E-state index < -0.39 is 12.3 Å². The lowest BCUT2D eigenvalue weighted by molar-refractivity contribution is 0.110. The number of hydrogen-bond acceptors (Lipinski definition) is 5. The van der Waals surface area contributed by atoms with Gasteiger partial charge in [-0.2, -0.15) is 0 Å². The van der Waals surface area contributed by atoms with Gasteiger partial charge >= 0.3 is 6.16 Å². The minimum Gasteiger partial charge on any atom is -0.430 e. The first-order chi connectivity index (χ1) is 6.56. The van der Waals surface area contributed by atoms with Gasteiger partial charge in [0, 0.05) is 0 Å². The summed E-state index contributed by atoms with van der Waals surface area (Å²) in [6.07, 6.45) is -1.16. The highest BCUT2D eigenvalue weighted by molar-refractivity contribution is 5.61. The van der Waals surface area contributed by atoms with Crippen LogP contribution in [0.3, 0.4) is 0 Å². The fraction of sp³-hybridized carbons (Fsp3) is 0.667. The molecule has 5 heteroatoms. The van der Waals surface area contributed by atoms with E-state index in [2.05, 4.69) is 22.6 Å². The van der Waals surface area contributed by atoms with Crippen LogP contribution in [0.5, 0.6) is 0 Å². The van der Waals surface area contributed by atoms with Crippen molar-refractivity contribution >= 4 is 6.16 Å². The summed E-state index contributed by atoms with van der Waals surface area (Å²) in [5, 5.41) is 16.0. The summed E-state index contributed by atoms with van der Waals surface area (Å²) < 4.78 is 8.90. The van der Waals surface area contributed by atoms with Gasteiger partial charge in [-0.3, -0.25) is 0 Å². The summed E-state index contributed by atoms with van der Waals surface area (Å²) in [7, 11) is 0. The molecule has 0 spiro atoms. The van der Waals surface area contributed by atoms with Gasteiger partial charge in [-0.15, -0.1) is 13.2 Å². The number of rotatable bonds is 1. The maximum absolute atomic E-state index is 10.0. The van der Waals surface area contributed by atoms with Crippen molar-refractivity contribution in [3.8, 4) is 0 Å². The maximum Gasteiger partial charge on any atom is 0.508 e. The highest BCUT2D eigenvalue weighted by atomic mass is 16.8. The van der Waals surface area contributed by atoms with E-state index in [9.17, 15) is 4.79 Å². The molecule has 1 fully saturated rings. The van der Waals surface area contributed by atoms with E-state index in [4.69, 9.17) is 10.2 Å². The minimum atomic E-state index is -0.560. The molecule has 1 saturated heterocycles. The van der Waals surface area contributed by atoms with Crippen LogP contribution in [0, 0.1) is 0 Å². The minimum absolute atomic E-state index is 0.0486. The van der Waals surface area contributed by atoms with Crippen LogP contribution in [0.2, 0.25) is 0 Å². The monoisotopic (exact) mass is 206 g/mol. The molecule has 0 saturated carbocycles. The molecule has 0 aromatic carbocycles. The van der Waals surface area contributed by atoms with Crippen LogP contribution in [-0.4, -0.2) is 41.8 Å². The summed E-state index contributed by atoms with van der Waals surface area (Å²) in [5.41, 5.74) is 0. The van der Waals surface area contributed by atoms with E-state index in [-0.39, 0.29) is 12.7 Å². The van der Waals surface area contributed by atoms with Crippen LogP contribution in [-0.2, 0) is 9.47 Å². The zero-order valence-corrected chi connectivity index (χ0v) is 8.60. The molecule has 2 N–H and O–H groups in total. The molecule has 0 aromatic heterocycles. The third kappa shape index (κ3) is 10.9. The molecule has 5 nitrogen and oxygen atoms in total. The Kier molecular flexibility index (Phi) is 11.0. The first kappa shape index (κ1) is 15.4. The predicted molar refractivity (Wildman–Crippen MR) is 51.9 cm³/mol. The topological polar surface area (TPSA) is 76.0 Å². The SMILES string of the molecule is C=C.CC(O)CO.CC1COC(=O)O1. The summed E-state index contributed by atoms with van der Waals surface area (Å²) in [5.74, 6) is 0. The fourth-order valence-electron chi connectivity index (χ4n) is 0.418. The van der Waals surface area contributed by atoms with Crippen LogP contribution in [0.25, 0.3) is 0 Å². The standard InChI is InChI=1S/C4H6O3.C3H8O2.C2H4/c1-3-2-6-4(5)7-3;1-3(5)2-4;1-2/h3H,2H2,1H3;3-5H,2H2,1H3;1-2H2. The average molecular weight is 206 g/mol. The zero-order chi connectivity index (χ0) is 11.6. The van der Waals surface area contributed by atoms with Crippen molar-refractivity contribution < 1.29 is 24.5 Å². The molecule has 0 amide bonds. The van der Waals surface area contributed by atoms with Gasteiger partial charge in [0.15, 0.2) is 0 Å². The van der Waals surface area contributed by atoms with Crippen LogP contribution in [0.4, 0.5) is 4.79 Å².